The van der Waals surface area contributed by atoms with E-state index in [1.807, 2.05) is 0 Å². The predicted octanol–water partition coefficient (Wildman–Crippen LogP) is 14.6. The molecule has 348 valence electrons. The van der Waals surface area contributed by atoms with Gasteiger partial charge >= 0.3 is 26.4 Å². The lowest BCUT2D eigenvalue weighted by molar-refractivity contribution is 0.122. The van der Waals surface area contributed by atoms with Crippen LogP contribution in [0.5, 0.6) is 0 Å². The van der Waals surface area contributed by atoms with E-state index in [0.717, 1.165) is 43.3 Å². The average Bonchev–Trinajstić information content (AvgIpc) is 3.06. The summed E-state index contributed by atoms with van der Waals surface area (Å²) in [7, 11) is 8.17. The van der Waals surface area contributed by atoms with E-state index >= 15 is 0 Å². The van der Waals surface area contributed by atoms with E-state index in [-0.39, 0.29) is 44.6 Å². The number of unbranched alkanes of at least 4 members (excludes halogenated alkanes) is 8. The lowest BCUT2D eigenvalue weighted by atomic mass is 9.89. The van der Waals surface area contributed by atoms with Gasteiger partial charge in [-0.15, -0.1) is 0 Å². The summed E-state index contributed by atoms with van der Waals surface area (Å²) in [5.41, 5.74) is 0.905. The molecule has 0 unspecified atom stereocenters. The van der Waals surface area contributed by atoms with Crippen molar-refractivity contribution in [1.29, 1.82) is 0 Å². The first-order chi connectivity index (χ1) is 22.9. The molecule has 0 saturated heterocycles. The molecule has 9 nitrogen and oxygen atoms in total. The molecule has 0 N–H and O–H groups in total. The molecule has 0 amide bonds. The van der Waals surface area contributed by atoms with Crippen molar-refractivity contribution in [3.8, 4) is 0 Å². The van der Waals surface area contributed by atoms with Crippen molar-refractivity contribution in [1.82, 2.24) is 0 Å². The fraction of sp³-hybridized carbons (Fsp3) is 1.00. The highest BCUT2D eigenvalue weighted by atomic mass is 28.4. The third-order valence-corrected chi connectivity index (χ3v) is 17.4. The highest BCUT2D eigenvalue weighted by Crippen LogP contribution is 2.25. The maximum Gasteiger partial charge on any atom is 0.500 e. The van der Waals surface area contributed by atoms with Gasteiger partial charge in [0.25, 0.3) is 0 Å². The number of hydrogen-bond donors (Lipinski definition) is 0. The van der Waals surface area contributed by atoms with Gasteiger partial charge in [-0.1, -0.05) is 158 Å². The Morgan fingerprint density at radius 3 is 0.727 bits per heavy atom. The summed E-state index contributed by atoms with van der Waals surface area (Å²) < 4.78 is 48.4. The van der Waals surface area contributed by atoms with Gasteiger partial charge in [0, 0.05) is 82.1 Å². The van der Waals surface area contributed by atoms with Gasteiger partial charge in [-0.05, 0) is 48.9 Å². The summed E-state index contributed by atoms with van der Waals surface area (Å²) in [6.07, 6.45) is 17.5. The van der Waals surface area contributed by atoms with Crippen LogP contribution in [-0.2, 0) is 39.8 Å². The van der Waals surface area contributed by atoms with Crippen LogP contribution in [0.25, 0.3) is 0 Å². The molecule has 0 atom stereocenters. The zero-order valence-corrected chi connectivity index (χ0v) is 38.8. The summed E-state index contributed by atoms with van der Waals surface area (Å²) in [5.74, 6) is 0.824. The van der Waals surface area contributed by atoms with Gasteiger partial charge in [0.15, 0.2) is 0 Å². The molecule has 0 heterocycles. The van der Waals surface area contributed by atoms with Crippen LogP contribution >= 0.6 is 0 Å². The Balaban J connectivity index is -0.0000000782. The molecule has 55 heavy (non-hydrogen) atoms. The zero-order valence-electron chi connectivity index (χ0n) is 35.8. The first kappa shape index (κ1) is 76.1. The van der Waals surface area contributed by atoms with E-state index in [9.17, 15) is 0 Å². The second-order valence-electron chi connectivity index (χ2n) is 15.8. The molecule has 0 rings (SSSR count). The van der Waals surface area contributed by atoms with Crippen LogP contribution in [0.4, 0.5) is 0 Å². The van der Waals surface area contributed by atoms with Gasteiger partial charge in [-0.25, -0.2) is 0 Å². The monoisotopic (exact) mass is 855 g/mol. The predicted molar refractivity (Wildman–Crippen MR) is 254 cm³/mol. The van der Waals surface area contributed by atoms with Crippen LogP contribution in [0.15, 0.2) is 0 Å². The normalized spacial score (nSPS) is 11.5. The molecular formula is C43H110O9Si3. The van der Waals surface area contributed by atoms with Crippen LogP contribution in [0.2, 0.25) is 18.1 Å². The van der Waals surface area contributed by atoms with Crippen molar-refractivity contribution in [2.75, 3.05) is 64.0 Å². The van der Waals surface area contributed by atoms with Crippen molar-refractivity contribution < 1.29 is 39.8 Å². The highest BCUT2D eigenvalue weighted by molar-refractivity contribution is 6.61. The summed E-state index contributed by atoms with van der Waals surface area (Å²) in [6, 6.07) is 2.77. The molecule has 0 saturated carbocycles. The van der Waals surface area contributed by atoms with E-state index in [1.165, 1.54) is 70.6 Å². The quantitative estimate of drug-likeness (QED) is 0.0592. The largest absolute Gasteiger partial charge is 0.500 e. The fourth-order valence-electron chi connectivity index (χ4n) is 5.44. The van der Waals surface area contributed by atoms with Gasteiger partial charge < -0.3 is 39.8 Å². The van der Waals surface area contributed by atoms with Crippen molar-refractivity contribution in [2.45, 2.75) is 208 Å². The molecule has 0 aliphatic heterocycles. The maximum atomic E-state index is 5.39. The van der Waals surface area contributed by atoms with Gasteiger partial charge in [0.1, 0.15) is 0 Å². The first-order valence-corrected chi connectivity index (χ1v) is 24.6. The second-order valence-corrected chi connectivity index (χ2v) is 25.1. The standard InChI is InChI=1S/C13H30O3Si.2C12H28O3Si.6CH4/c1-13(2,3)11-9-7-8-10-12-17(14-4,15-5)16-6;1-12(2,3)10-8-7-9-11-16(13-4,14-5)15-6;1-12(2)10-8-6-7-9-11-16(13-3,14-4)15-5;;;;;;/h7-12H2,1-6H3;7-11H2,1-6H3;12H,6-11H2,1-5H3;6*1H4. The van der Waals surface area contributed by atoms with E-state index in [4.69, 9.17) is 39.8 Å². The summed E-state index contributed by atoms with van der Waals surface area (Å²) in [6.45, 7) is 18.3. The molecule has 0 radical (unpaired) electrons. The lowest BCUT2D eigenvalue weighted by Gasteiger charge is -2.24. The zero-order chi connectivity index (χ0) is 38.5. The van der Waals surface area contributed by atoms with Crippen LogP contribution in [0.1, 0.15) is 190 Å². The van der Waals surface area contributed by atoms with Crippen molar-refractivity contribution in [2.24, 2.45) is 16.7 Å². The molecular weight excluding hydrogens is 745 g/mol. The summed E-state index contributed by atoms with van der Waals surface area (Å²) >= 11 is 0. The van der Waals surface area contributed by atoms with E-state index in [2.05, 4.69) is 55.4 Å². The smallest absolute Gasteiger partial charge is 0.377 e. The Morgan fingerprint density at radius 2 is 0.527 bits per heavy atom. The number of hydrogen-bond acceptors (Lipinski definition) is 9. The van der Waals surface area contributed by atoms with Crippen LogP contribution in [0.3, 0.4) is 0 Å². The Morgan fingerprint density at radius 1 is 0.327 bits per heavy atom. The van der Waals surface area contributed by atoms with Crippen LogP contribution in [0, 0.1) is 16.7 Å². The van der Waals surface area contributed by atoms with Gasteiger partial charge in [-0.3, -0.25) is 0 Å². The van der Waals surface area contributed by atoms with Gasteiger partial charge in [0.2, 0.25) is 0 Å². The molecule has 0 aliphatic carbocycles. The van der Waals surface area contributed by atoms with Gasteiger partial charge in [-0.2, -0.15) is 0 Å². The lowest BCUT2D eigenvalue weighted by Crippen LogP contribution is -2.42. The SMILES string of the molecule is C.C.C.C.C.C.CO[Si](CCCCCC(C)(C)C)(OC)OC.CO[Si](CCCCCCC(C)(C)C)(OC)OC.CO[Si](CCCCCCC(C)C)(OC)OC. The first-order valence-electron chi connectivity index (χ1n) is 18.8. The Hall–Kier alpha value is 0.291. The highest BCUT2D eigenvalue weighted by Gasteiger charge is 2.38. The van der Waals surface area contributed by atoms with Gasteiger partial charge in [0.05, 0.1) is 0 Å². The molecule has 0 fully saturated rings. The topological polar surface area (TPSA) is 83.1 Å². The van der Waals surface area contributed by atoms with Crippen molar-refractivity contribution in [3.05, 3.63) is 0 Å². The molecule has 0 aromatic rings. The maximum absolute atomic E-state index is 5.39. The van der Waals surface area contributed by atoms with Crippen LogP contribution < -0.4 is 0 Å². The van der Waals surface area contributed by atoms with E-state index in [1.54, 1.807) is 64.0 Å². The molecule has 0 aromatic heterocycles. The van der Waals surface area contributed by atoms with E-state index < -0.39 is 26.4 Å². The minimum Gasteiger partial charge on any atom is -0.377 e. The summed E-state index contributed by atoms with van der Waals surface area (Å²) in [5, 5.41) is 0. The molecule has 0 aromatic carbocycles. The minimum atomic E-state index is -2.31. The average molecular weight is 856 g/mol. The molecule has 0 spiro atoms. The molecule has 0 aliphatic rings. The van der Waals surface area contributed by atoms with Crippen molar-refractivity contribution in [3.63, 3.8) is 0 Å². The Bertz CT molecular complexity index is 682. The Labute approximate surface area is 353 Å². The fourth-order valence-corrected chi connectivity index (χ4v) is 10.8. The molecule has 12 heteroatoms. The minimum absolute atomic E-state index is 0. The third kappa shape index (κ3) is 43.7. The third-order valence-electron chi connectivity index (χ3n) is 8.88. The summed E-state index contributed by atoms with van der Waals surface area (Å²) in [4.78, 5) is 0. The van der Waals surface area contributed by atoms with Crippen LogP contribution in [-0.4, -0.2) is 90.4 Å². The van der Waals surface area contributed by atoms with E-state index in [0.29, 0.717) is 10.8 Å². The Kier molecular flexibility index (Phi) is 60.6. The molecule has 0 bridgehead atoms. The van der Waals surface area contributed by atoms with Crippen molar-refractivity contribution >= 4 is 26.4 Å². The number of rotatable bonds is 27. The second kappa shape index (κ2) is 43.9.